The maximum Gasteiger partial charge on any atom is 0.101 e. The standard InChI is InChI=1S/C104H72N6S2/c1-9-25-81(26-10-1)105(82-27-11-2-12-28-82)89-53-41-73(42-54-89)77-49-61-97-93(69-77)94-70-78(74-43-55-90(56-44-74)106(83-29-13-3-14-30-83)84-31-15-4-16-32-84)50-62-98(94)109(97)103-67-65-101(111-103)102-66-68-104(112-102)110-99-63-51-79(75-45-57-91(58-46-75)107(85-33-17-5-18-34-85)86-35-19-6-20-36-86)71-95(99)96-72-80(52-64-100(96)110)76-47-59-92(60-48-76)108(87-37-21-7-22-38-87)88-39-23-8-24-40-88/h1-72H. The molecule has 0 fully saturated rings. The number of anilines is 12. The molecule has 0 bridgehead atoms. The van der Waals surface area contributed by atoms with Gasteiger partial charge < -0.3 is 28.7 Å². The molecule has 0 saturated heterocycles. The number of benzene rings is 16. The number of nitrogens with zero attached hydrogens (tertiary/aromatic N) is 6. The van der Waals surface area contributed by atoms with Gasteiger partial charge in [-0.2, -0.15) is 0 Å². The molecule has 0 atom stereocenters. The number of hydrogen-bond donors (Lipinski definition) is 0. The second-order valence-corrected chi connectivity index (χ2v) is 30.2. The van der Waals surface area contributed by atoms with Crippen molar-refractivity contribution in [1.29, 1.82) is 0 Å². The van der Waals surface area contributed by atoms with Gasteiger partial charge in [-0.3, -0.25) is 0 Å². The van der Waals surface area contributed by atoms with E-state index in [1.54, 1.807) is 0 Å². The number of thiophene rings is 2. The Kier molecular flexibility index (Phi) is 17.6. The van der Waals surface area contributed by atoms with E-state index in [4.69, 9.17) is 0 Å². The highest BCUT2D eigenvalue weighted by Crippen LogP contribution is 2.47. The summed E-state index contributed by atoms with van der Waals surface area (Å²) in [7, 11) is 0. The highest BCUT2D eigenvalue weighted by molar-refractivity contribution is 7.24. The quantitative estimate of drug-likeness (QED) is 0.0805. The third-order valence-electron chi connectivity index (χ3n) is 21.3. The van der Waals surface area contributed by atoms with Crippen LogP contribution in [0.3, 0.4) is 0 Å². The lowest BCUT2D eigenvalue weighted by atomic mass is 9.99. The van der Waals surface area contributed by atoms with E-state index in [0.29, 0.717) is 0 Å². The van der Waals surface area contributed by atoms with E-state index in [2.05, 4.69) is 466 Å². The Balaban J connectivity index is 0.673. The lowest BCUT2D eigenvalue weighted by molar-refractivity contribution is 1.22. The summed E-state index contributed by atoms with van der Waals surface area (Å²) >= 11 is 3.68. The van der Waals surface area contributed by atoms with Crippen LogP contribution in [0.15, 0.2) is 437 Å². The average Bonchev–Trinajstić information content (AvgIpc) is 1.58. The van der Waals surface area contributed by atoms with E-state index in [-0.39, 0.29) is 0 Å². The van der Waals surface area contributed by atoms with E-state index in [1.165, 1.54) is 31.3 Å². The van der Waals surface area contributed by atoms with Crippen molar-refractivity contribution in [2.24, 2.45) is 0 Å². The topological polar surface area (TPSA) is 22.8 Å². The van der Waals surface area contributed by atoms with Crippen LogP contribution in [0.1, 0.15) is 0 Å². The predicted octanol–water partition coefficient (Wildman–Crippen LogP) is 30.2. The molecule has 0 unspecified atom stereocenters. The van der Waals surface area contributed by atoms with Gasteiger partial charge >= 0.3 is 0 Å². The van der Waals surface area contributed by atoms with Crippen LogP contribution in [-0.4, -0.2) is 9.13 Å². The number of rotatable bonds is 19. The Hall–Kier alpha value is -14.3. The Morgan fingerprint density at radius 3 is 0.509 bits per heavy atom. The minimum absolute atomic E-state index is 1.09. The lowest BCUT2D eigenvalue weighted by Crippen LogP contribution is -2.09. The largest absolute Gasteiger partial charge is 0.311 e. The van der Waals surface area contributed by atoms with Crippen LogP contribution in [0.2, 0.25) is 0 Å². The molecule has 4 heterocycles. The van der Waals surface area contributed by atoms with E-state index in [1.807, 2.05) is 22.7 Å². The van der Waals surface area contributed by atoms with Crippen molar-refractivity contribution < 1.29 is 0 Å². The number of hydrogen-bond acceptors (Lipinski definition) is 6. The molecule has 0 spiro atoms. The summed E-state index contributed by atoms with van der Waals surface area (Å²) < 4.78 is 4.97. The molecule has 8 heteroatoms. The Morgan fingerprint density at radius 2 is 0.321 bits per heavy atom. The van der Waals surface area contributed by atoms with Gasteiger partial charge in [0.2, 0.25) is 0 Å². The first-order valence-electron chi connectivity index (χ1n) is 37.9. The van der Waals surface area contributed by atoms with Gasteiger partial charge in [-0.15, -0.1) is 22.7 Å². The highest BCUT2D eigenvalue weighted by atomic mass is 32.1. The van der Waals surface area contributed by atoms with Crippen LogP contribution in [-0.2, 0) is 0 Å². The molecule has 112 heavy (non-hydrogen) atoms. The van der Waals surface area contributed by atoms with Crippen molar-refractivity contribution >= 4 is 135 Å². The van der Waals surface area contributed by atoms with Crippen LogP contribution in [0.25, 0.3) is 108 Å². The zero-order chi connectivity index (χ0) is 74.3. The van der Waals surface area contributed by atoms with Gasteiger partial charge in [0, 0.05) is 99.5 Å². The molecule has 6 nitrogen and oxygen atoms in total. The fraction of sp³-hybridized carbons (Fsp3) is 0. The van der Waals surface area contributed by atoms with Crippen molar-refractivity contribution in [2.45, 2.75) is 0 Å². The summed E-state index contributed by atoms with van der Waals surface area (Å²) in [6.07, 6.45) is 0. The summed E-state index contributed by atoms with van der Waals surface area (Å²) in [5.74, 6) is 0. The van der Waals surface area contributed by atoms with E-state index >= 15 is 0 Å². The van der Waals surface area contributed by atoms with Crippen molar-refractivity contribution in [3.05, 3.63) is 437 Å². The molecule has 0 N–H and O–H groups in total. The fourth-order valence-corrected chi connectivity index (χ4v) is 18.2. The monoisotopic (exact) mass is 1470 g/mol. The summed E-state index contributed by atoms with van der Waals surface area (Å²) in [5.41, 5.74) is 27.1. The second-order valence-electron chi connectivity index (χ2n) is 28.1. The smallest absolute Gasteiger partial charge is 0.101 e. The third-order valence-corrected chi connectivity index (χ3v) is 23.7. The van der Waals surface area contributed by atoms with Gasteiger partial charge in [-0.05, 0) is 263 Å². The van der Waals surface area contributed by atoms with E-state index in [9.17, 15) is 0 Å². The Morgan fingerprint density at radius 1 is 0.152 bits per heavy atom. The van der Waals surface area contributed by atoms with Crippen LogP contribution in [0, 0.1) is 0 Å². The first-order valence-corrected chi connectivity index (χ1v) is 39.6. The van der Waals surface area contributed by atoms with Crippen molar-refractivity contribution in [2.75, 3.05) is 19.6 Å². The Labute approximate surface area is 659 Å². The number of aromatic nitrogens is 2. The molecule has 0 saturated carbocycles. The third kappa shape index (κ3) is 12.7. The van der Waals surface area contributed by atoms with Gasteiger partial charge in [0.15, 0.2) is 0 Å². The summed E-state index contributed by atoms with van der Waals surface area (Å²) in [6.45, 7) is 0. The number of para-hydroxylation sites is 8. The summed E-state index contributed by atoms with van der Waals surface area (Å²) in [5, 5.41) is 7.09. The van der Waals surface area contributed by atoms with Gasteiger partial charge in [-0.25, -0.2) is 0 Å². The SMILES string of the molecule is c1ccc(N(c2ccccc2)c2ccc(-c3ccc4c(c3)c3cc(-c5ccc(N(c6ccccc6)c6ccccc6)cc5)ccc3n4-c3ccc(-c4ccc(-n5c6ccc(-c7ccc(N(c8ccccc8)c8ccccc8)cc7)cc6c6cc(-c7ccc(N(c8ccccc8)c8ccccc8)cc7)ccc65)s4)s3)cc2)cc1. The van der Waals surface area contributed by atoms with Crippen LogP contribution < -0.4 is 19.6 Å². The van der Waals surface area contributed by atoms with E-state index in [0.717, 1.165) is 145 Å². The maximum absolute atomic E-state index is 2.48. The molecule has 0 amide bonds. The fourth-order valence-electron chi connectivity index (χ4n) is 16.0. The molecule has 20 aromatic rings. The first-order chi connectivity index (χ1) is 55.5. The predicted molar refractivity (Wildman–Crippen MR) is 477 cm³/mol. The van der Waals surface area contributed by atoms with Crippen molar-refractivity contribution in [3.63, 3.8) is 0 Å². The van der Waals surface area contributed by atoms with Gasteiger partial charge in [-0.1, -0.05) is 218 Å². The zero-order valence-electron chi connectivity index (χ0n) is 61.1. The van der Waals surface area contributed by atoms with Crippen LogP contribution >= 0.6 is 22.7 Å². The molecule has 20 rings (SSSR count). The summed E-state index contributed by atoms with van der Waals surface area (Å²) in [4.78, 5) is 11.7. The van der Waals surface area contributed by atoms with Crippen molar-refractivity contribution in [3.8, 4) is 64.3 Å². The molecule has 4 aromatic heterocycles. The first kappa shape index (κ1) is 67.1. The minimum atomic E-state index is 1.09. The second kappa shape index (κ2) is 29.4. The molecular formula is C104H72N6S2. The Bertz CT molecular complexity index is 5750. The van der Waals surface area contributed by atoms with Gasteiger partial charge in [0.25, 0.3) is 0 Å². The molecular weight excluding hydrogens is 1400 g/mol. The molecule has 0 aliphatic carbocycles. The zero-order valence-corrected chi connectivity index (χ0v) is 62.7. The summed E-state index contributed by atoms with van der Waals surface area (Å²) in [6, 6.07) is 158. The van der Waals surface area contributed by atoms with Gasteiger partial charge in [0.1, 0.15) is 10.0 Å². The molecule has 0 aliphatic heterocycles. The average molecular weight is 1470 g/mol. The molecule has 16 aromatic carbocycles. The number of fused-ring (bicyclic) bond motifs is 6. The van der Waals surface area contributed by atoms with Crippen molar-refractivity contribution in [1.82, 2.24) is 9.13 Å². The lowest BCUT2D eigenvalue weighted by Gasteiger charge is -2.25. The minimum Gasteiger partial charge on any atom is -0.311 e. The normalized spacial score (nSPS) is 11.4. The highest BCUT2D eigenvalue weighted by Gasteiger charge is 2.23. The van der Waals surface area contributed by atoms with Gasteiger partial charge in [0.05, 0.1) is 22.1 Å². The molecule has 0 radical (unpaired) electrons. The maximum atomic E-state index is 2.48. The van der Waals surface area contributed by atoms with E-state index < -0.39 is 0 Å². The molecule has 530 valence electrons. The van der Waals surface area contributed by atoms with Crippen LogP contribution in [0.5, 0.6) is 0 Å². The molecule has 0 aliphatic rings. The van der Waals surface area contributed by atoms with Crippen LogP contribution in [0.4, 0.5) is 68.2 Å².